The summed E-state index contributed by atoms with van der Waals surface area (Å²) in [5.41, 5.74) is 1.42. The number of ether oxygens (including phenoxy) is 1. The molecule has 2 heteroatoms. The van der Waals surface area contributed by atoms with Gasteiger partial charge in [0.15, 0.2) is 0 Å². The zero-order chi connectivity index (χ0) is 16.2. The van der Waals surface area contributed by atoms with Crippen LogP contribution in [0.1, 0.15) is 35.7 Å². The highest BCUT2D eigenvalue weighted by molar-refractivity contribution is 6.11. The van der Waals surface area contributed by atoms with Crippen molar-refractivity contribution in [1.82, 2.24) is 0 Å². The minimum Gasteiger partial charge on any atom is -0.462 e. The molecule has 0 aromatic heterocycles. The van der Waals surface area contributed by atoms with Crippen molar-refractivity contribution in [2.75, 3.05) is 6.61 Å². The normalized spacial score (nSPS) is 10.8. The molecule has 23 heavy (non-hydrogen) atoms. The zero-order valence-corrected chi connectivity index (χ0v) is 13.3. The molecule has 0 radical (unpaired) electrons. The molecule has 3 aromatic carbocycles. The fraction of sp³-hybridized carbons (Fsp3) is 0.190. The minimum atomic E-state index is -0.269. The van der Waals surface area contributed by atoms with Crippen molar-refractivity contribution < 1.29 is 9.53 Å². The van der Waals surface area contributed by atoms with Crippen LogP contribution in [0.3, 0.4) is 0 Å². The number of rotatable bonds is 5. The number of unbranched alkanes of at least 4 members (excludes halogenated alkanes) is 1. The van der Waals surface area contributed by atoms with E-state index in [1.807, 2.05) is 24.3 Å². The molecule has 0 saturated carbocycles. The highest BCUT2D eigenvalue weighted by Crippen LogP contribution is 2.29. The van der Waals surface area contributed by atoms with E-state index >= 15 is 0 Å². The van der Waals surface area contributed by atoms with E-state index in [4.69, 9.17) is 4.74 Å². The molecule has 0 saturated heterocycles. The lowest BCUT2D eigenvalue weighted by Gasteiger charge is -2.12. The third-order valence-corrected chi connectivity index (χ3v) is 4.07. The van der Waals surface area contributed by atoms with Crippen LogP contribution in [0.5, 0.6) is 0 Å². The van der Waals surface area contributed by atoms with Gasteiger partial charge in [-0.3, -0.25) is 0 Å². The topological polar surface area (TPSA) is 26.3 Å². The van der Waals surface area contributed by atoms with Crippen molar-refractivity contribution >= 4 is 33.6 Å². The summed E-state index contributed by atoms with van der Waals surface area (Å²) >= 11 is 0. The predicted molar refractivity (Wildman–Crippen MR) is 96.7 cm³/mol. The average molecular weight is 304 g/mol. The van der Waals surface area contributed by atoms with Gasteiger partial charge in [0.1, 0.15) is 0 Å². The van der Waals surface area contributed by atoms with Gasteiger partial charge in [-0.05, 0) is 45.7 Å². The fourth-order valence-corrected chi connectivity index (χ4v) is 2.81. The first kappa shape index (κ1) is 15.3. The largest absolute Gasteiger partial charge is 0.462 e. The van der Waals surface area contributed by atoms with Gasteiger partial charge in [0.2, 0.25) is 0 Å². The molecular formula is C21H20O2. The predicted octanol–water partition coefficient (Wildman–Crippen LogP) is 5.59. The number of hydrogen-bond donors (Lipinski definition) is 0. The van der Waals surface area contributed by atoms with Crippen LogP contribution in [0.2, 0.25) is 0 Å². The molecular weight excluding hydrogens is 284 g/mol. The van der Waals surface area contributed by atoms with Gasteiger partial charge >= 0.3 is 5.97 Å². The van der Waals surface area contributed by atoms with Crippen LogP contribution in [-0.4, -0.2) is 12.6 Å². The Morgan fingerprint density at radius 3 is 2.52 bits per heavy atom. The molecule has 0 aliphatic rings. The molecule has 0 bridgehead atoms. The molecule has 0 spiro atoms. The van der Waals surface area contributed by atoms with Crippen molar-refractivity contribution in [3.63, 3.8) is 0 Å². The summed E-state index contributed by atoms with van der Waals surface area (Å²) in [5.74, 6) is -0.269. The summed E-state index contributed by atoms with van der Waals surface area (Å²) in [4.78, 5) is 12.6. The lowest BCUT2D eigenvalue weighted by molar-refractivity contribution is 0.0502. The first-order chi connectivity index (χ1) is 11.2. The summed E-state index contributed by atoms with van der Waals surface area (Å²) in [6, 6.07) is 16.3. The first-order valence-electron chi connectivity index (χ1n) is 7.99. The Kier molecular flexibility index (Phi) is 4.42. The van der Waals surface area contributed by atoms with E-state index in [0.29, 0.717) is 12.2 Å². The van der Waals surface area contributed by atoms with Gasteiger partial charge in [0.05, 0.1) is 12.2 Å². The Bertz CT molecular complexity index is 878. The van der Waals surface area contributed by atoms with Gasteiger partial charge in [-0.1, -0.05) is 62.4 Å². The summed E-state index contributed by atoms with van der Waals surface area (Å²) in [6.07, 6.45) is 3.59. The molecule has 0 aliphatic carbocycles. The summed E-state index contributed by atoms with van der Waals surface area (Å²) < 4.78 is 5.44. The van der Waals surface area contributed by atoms with Crippen molar-refractivity contribution in [1.29, 1.82) is 0 Å². The van der Waals surface area contributed by atoms with Crippen molar-refractivity contribution in [2.45, 2.75) is 19.8 Å². The van der Waals surface area contributed by atoms with Crippen LogP contribution in [0, 0.1) is 0 Å². The lowest BCUT2D eigenvalue weighted by Crippen LogP contribution is -2.09. The Labute approximate surface area is 136 Å². The first-order valence-corrected chi connectivity index (χ1v) is 7.99. The zero-order valence-electron chi connectivity index (χ0n) is 13.3. The molecule has 0 N–H and O–H groups in total. The van der Waals surface area contributed by atoms with Gasteiger partial charge in [0, 0.05) is 0 Å². The van der Waals surface area contributed by atoms with E-state index in [0.717, 1.165) is 39.9 Å². The third-order valence-electron chi connectivity index (χ3n) is 4.07. The molecule has 0 unspecified atom stereocenters. The number of carbonyl (C=O) groups excluding carboxylic acids is 1. The maximum Gasteiger partial charge on any atom is 0.339 e. The van der Waals surface area contributed by atoms with Gasteiger partial charge < -0.3 is 4.74 Å². The smallest absolute Gasteiger partial charge is 0.339 e. The average Bonchev–Trinajstić information content (AvgIpc) is 2.59. The highest BCUT2D eigenvalue weighted by Gasteiger charge is 2.16. The van der Waals surface area contributed by atoms with Gasteiger partial charge in [-0.2, -0.15) is 0 Å². The molecule has 3 rings (SSSR count). The standard InChI is InChI=1S/C21H20O2/c1-3-5-12-23-21(22)20-15(4-2)10-11-18-13-16-8-6-7-9-17(16)14-19(18)20/h4,6-11,13-14H,2-3,5,12H2,1H3. The highest BCUT2D eigenvalue weighted by atomic mass is 16.5. The Balaban J connectivity index is 2.17. The number of benzene rings is 3. The molecule has 2 nitrogen and oxygen atoms in total. The second-order valence-corrected chi connectivity index (χ2v) is 5.64. The van der Waals surface area contributed by atoms with Gasteiger partial charge in [0.25, 0.3) is 0 Å². The molecule has 0 amide bonds. The molecule has 0 aliphatic heterocycles. The van der Waals surface area contributed by atoms with Crippen LogP contribution in [0.15, 0.2) is 55.1 Å². The van der Waals surface area contributed by atoms with E-state index in [9.17, 15) is 4.79 Å². The van der Waals surface area contributed by atoms with E-state index in [1.54, 1.807) is 6.08 Å². The van der Waals surface area contributed by atoms with Crippen molar-refractivity contribution in [2.24, 2.45) is 0 Å². The molecule has 0 atom stereocenters. The number of carbonyl (C=O) groups is 1. The fourth-order valence-electron chi connectivity index (χ4n) is 2.81. The second-order valence-electron chi connectivity index (χ2n) is 5.64. The van der Waals surface area contributed by atoms with Crippen LogP contribution in [0.25, 0.3) is 27.6 Å². The minimum absolute atomic E-state index is 0.269. The van der Waals surface area contributed by atoms with Gasteiger partial charge in [-0.15, -0.1) is 0 Å². The van der Waals surface area contributed by atoms with Crippen molar-refractivity contribution in [3.8, 4) is 0 Å². The van der Waals surface area contributed by atoms with Crippen LogP contribution >= 0.6 is 0 Å². The van der Waals surface area contributed by atoms with Crippen molar-refractivity contribution in [3.05, 3.63) is 66.2 Å². The summed E-state index contributed by atoms with van der Waals surface area (Å²) in [6.45, 7) is 6.36. The third kappa shape index (κ3) is 2.98. The van der Waals surface area contributed by atoms with Crippen LogP contribution in [-0.2, 0) is 4.74 Å². The molecule has 116 valence electrons. The number of fused-ring (bicyclic) bond motifs is 2. The quantitative estimate of drug-likeness (QED) is 0.349. The van der Waals surface area contributed by atoms with Crippen LogP contribution in [0.4, 0.5) is 0 Å². The maximum absolute atomic E-state index is 12.6. The Morgan fingerprint density at radius 2 is 1.83 bits per heavy atom. The summed E-state index contributed by atoms with van der Waals surface area (Å²) in [7, 11) is 0. The van der Waals surface area contributed by atoms with E-state index in [2.05, 4.69) is 37.8 Å². The Morgan fingerprint density at radius 1 is 1.09 bits per heavy atom. The van der Waals surface area contributed by atoms with Gasteiger partial charge in [-0.25, -0.2) is 4.79 Å². The molecule has 0 fully saturated rings. The summed E-state index contributed by atoms with van der Waals surface area (Å²) in [5, 5.41) is 4.24. The Hall–Kier alpha value is -2.61. The molecule has 3 aromatic rings. The van der Waals surface area contributed by atoms with E-state index in [-0.39, 0.29) is 5.97 Å². The lowest BCUT2D eigenvalue weighted by atomic mass is 9.96. The van der Waals surface area contributed by atoms with Crippen LogP contribution < -0.4 is 0 Å². The monoisotopic (exact) mass is 304 g/mol. The molecule has 0 heterocycles. The number of esters is 1. The number of hydrogen-bond acceptors (Lipinski definition) is 2. The SMILES string of the molecule is C=Cc1ccc2cc3ccccc3cc2c1C(=O)OCCCC. The van der Waals surface area contributed by atoms with E-state index < -0.39 is 0 Å². The maximum atomic E-state index is 12.6. The second kappa shape index (κ2) is 6.66. The van der Waals surface area contributed by atoms with E-state index in [1.165, 1.54) is 0 Å².